The van der Waals surface area contributed by atoms with E-state index in [1.165, 1.54) is 0 Å². The van der Waals surface area contributed by atoms with E-state index in [2.05, 4.69) is 10.2 Å². The summed E-state index contributed by atoms with van der Waals surface area (Å²) in [5, 5.41) is 6.38. The van der Waals surface area contributed by atoms with Crippen LogP contribution in [0, 0.1) is 5.92 Å². The highest BCUT2D eigenvalue weighted by Gasteiger charge is 2.27. The van der Waals surface area contributed by atoms with E-state index in [0.717, 1.165) is 19.5 Å². The average Bonchev–Trinajstić information content (AvgIpc) is 2.87. The number of amides is 1. The normalized spacial score (nSPS) is 20.3. The number of carbonyl (C=O) groups is 1. The molecule has 3 N–H and O–H groups in total. The topological polar surface area (TPSA) is 84.2 Å². The third kappa shape index (κ3) is 2.16. The first-order valence-electron chi connectivity index (χ1n) is 5.30. The summed E-state index contributed by atoms with van der Waals surface area (Å²) in [7, 11) is 1.68. The number of rotatable bonds is 3. The Morgan fingerprint density at radius 3 is 3.25 bits per heavy atom. The van der Waals surface area contributed by atoms with Crippen LogP contribution in [0.4, 0.5) is 5.82 Å². The molecule has 1 fully saturated rings. The molecule has 0 radical (unpaired) electrons. The van der Waals surface area contributed by atoms with Crippen molar-refractivity contribution in [2.75, 3.05) is 32.5 Å². The number of carbonyl (C=O) groups excluding carboxylic acids is 1. The number of nitrogens with one attached hydrogen (secondary N) is 1. The van der Waals surface area contributed by atoms with Crippen LogP contribution in [0.3, 0.4) is 0 Å². The summed E-state index contributed by atoms with van der Waals surface area (Å²) in [6.45, 7) is 2.21. The molecule has 1 aliphatic rings. The summed E-state index contributed by atoms with van der Waals surface area (Å²) in [6, 6.07) is 1.56. The Kier molecular flexibility index (Phi) is 3.09. The van der Waals surface area contributed by atoms with E-state index in [0.29, 0.717) is 24.0 Å². The van der Waals surface area contributed by atoms with Crippen molar-refractivity contribution in [2.45, 2.75) is 6.42 Å². The molecule has 1 amide bonds. The first-order chi connectivity index (χ1) is 7.70. The van der Waals surface area contributed by atoms with E-state index in [1.807, 2.05) is 0 Å². The predicted molar refractivity (Wildman–Crippen MR) is 58.9 cm³/mol. The lowest BCUT2D eigenvalue weighted by atomic mass is 10.1. The van der Waals surface area contributed by atoms with Gasteiger partial charge in [0.05, 0.1) is 6.61 Å². The molecule has 1 saturated heterocycles. The molecule has 0 aromatic carbocycles. The monoisotopic (exact) mass is 224 g/mol. The van der Waals surface area contributed by atoms with Gasteiger partial charge in [0.25, 0.3) is 5.91 Å². The zero-order valence-corrected chi connectivity index (χ0v) is 9.27. The van der Waals surface area contributed by atoms with Crippen LogP contribution in [-0.2, 0) is 4.74 Å². The molecule has 1 atom stereocenters. The Balaban J connectivity index is 1.97. The quantitative estimate of drug-likeness (QED) is 0.762. The van der Waals surface area contributed by atoms with Gasteiger partial charge in [-0.05, 0) is 6.42 Å². The number of hydrogen-bond acceptors (Lipinski definition) is 4. The first-order valence-corrected chi connectivity index (χ1v) is 5.30. The molecule has 0 aliphatic carbocycles. The third-order valence-electron chi connectivity index (χ3n) is 2.80. The number of likely N-dealkylation sites (tertiary alicyclic amines) is 1. The molecule has 6 heteroatoms. The highest BCUT2D eigenvalue weighted by molar-refractivity contribution is 5.93. The zero-order chi connectivity index (χ0) is 11.5. The van der Waals surface area contributed by atoms with E-state index in [4.69, 9.17) is 10.5 Å². The van der Waals surface area contributed by atoms with E-state index in [-0.39, 0.29) is 5.91 Å². The molecular formula is C10H16N4O2. The van der Waals surface area contributed by atoms with Gasteiger partial charge in [0.15, 0.2) is 0 Å². The lowest BCUT2D eigenvalue weighted by molar-refractivity contribution is 0.0769. The number of hydrogen-bond donors (Lipinski definition) is 2. The molecular weight excluding hydrogens is 208 g/mol. The fourth-order valence-electron chi connectivity index (χ4n) is 2.01. The molecule has 6 nitrogen and oxygen atoms in total. The smallest absolute Gasteiger partial charge is 0.271 e. The van der Waals surface area contributed by atoms with Gasteiger partial charge in [-0.3, -0.25) is 9.89 Å². The second kappa shape index (κ2) is 4.52. The zero-order valence-electron chi connectivity index (χ0n) is 9.27. The van der Waals surface area contributed by atoms with Crippen molar-refractivity contribution in [1.29, 1.82) is 0 Å². The number of anilines is 1. The Hall–Kier alpha value is -1.56. The Bertz CT molecular complexity index is 377. The standard InChI is InChI=1S/C10H16N4O2/c1-16-6-7-2-3-14(5-7)10(15)8-4-9(11)13-12-8/h4,7H,2-3,5-6H2,1H3,(H3,11,12,13). The molecule has 1 aromatic rings. The number of ether oxygens (including phenoxy) is 1. The van der Waals surface area contributed by atoms with Gasteiger partial charge in [-0.25, -0.2) is 0 Å². The Labute approximate surface area is 93.8 Å². The van der Waals surface area contributed by atoms with Gasteiger partial charge in [-0.1, -0.05) is 0 Å². The summed E-state index contributed by atoms with van der Waals surface area (Å²) in [5.74, 6) is 0.744. The molecule has 16 heavy (non-hydrogen) atoms. The number of nitrogens with two attached hydrogens (primary N) is 1. The van der Waals surface area contributed by atoms with Gasteiger partial charge in [0.2, 0.25) is 0 Å². The van der Waals surface area contributed by atoms with Crippen LogP contribution in [0.2, 0.25) is 0 Å². The fraction of sp³-hybridized carbons (Fsp3) is 0.600. The Morgan fingerprint density at radius 1 is 1.81 bits per heavy atom. The maximum Gasteiger partial charge on any atom is 0.271 e. The Morgan fingerprint density at radius 2 is 2.62 bits per heavy atom. The molecule has 0 bridgehead atoms. The minimum Gasteiger partial charge on any atom is -0.384 e. The van der Waals surface area contributed by atoms with E-state index in [1.54, 1.807) is 18.1 Å². The van der Waals surface area contributed by atoms with Crippen LogP contribution >= 0.6 is 0 Å². The maximum atomic E-state index is 12.0. The van der Waals surface area contributed by atoms with Gasteiger partial charge >= 0.3 is 0 Å². The van der Waals surface area contributed by atoms with Crippen LogP contribution in [-0.4, -0.2) is 47.8 Å². The minimum atomic E-state index is -0.0391. The van der Waals surface area contributed by atoms with Crippen molar-refractivity contribution in [3.05, 3.63) is 11.8 Å². The van der Waals surface area contributed by atoms with Gasteiger partial charge in [0.1, 0.15) is 11.5 Å². The molecule has 0 saturated carbocycles. The van der Waals surface area contributed by atoms with Gasteiger partial charge in [-0.2, -0.15) is 5.10 Å². The van der Waals surface area contributed by atoms with Crippen molar-refractivity contribution in [3.8, 4) is 0 Å². The van der Waals surface area contributed by atoms with Gasteiger partial charge in [-0.15, -0.1) is 0 Å². The second-order valence-electron chi connectivity index (χ2n) is 4.07. The molecule has 88 valence electrons. The lowest BCUT2D eigenvalue weighted by Crippen LogP contribution is -2.29. The highest BCUT2D eigenvalue weighted by Crippen LogP contribution is 2.18. The number of aromatic nitrogens is 2. The van der Waals surface area contributed by atoms with Crippen LogP contribution in [0.5, 0.6) is 0 Å². The largest absolute Gasteiger partial charge is 0.384 e. The summed E-state index contributed by atoms with van der Waals surface area (Å²) in [6.07, 6.45) is 0.989. The van der Waals surface area contributed by atoms with Crippen LogP contribution in [0.1, 0.15) is 16.9 Å². The molecule has 1 unspecified atom stereocenters. The number of H-pyrrole nitrogens is 1. The number of nitrogen functional groups attached to an aromatic ring is 1. The molecule has 2 rings (SSSR count). The highest BCUT2D eigenvalue weighted by atomic mass is 16.5. The molecule has 0 spiro atoms. The summed E-state index contributed by atoms with van der Waals surface area (Å²) in [4.78, 5) is 13.8. The predicted octanol–water partition coefficient (Wildman–Crippen LogP) is 0.100. The molecule has 1 aliphatic heterocycles. The van der Waals surface area contributed by atoms with Crippen molar-refractivity contribution in [3.63, 3.8) is 0 Å². The van der Waals surface area contributed by atoms with Gasteiger partial charge < -0.3 is 15.4 Å². The SMILES string of the molecule is COCC1CCN(C(=O)c2cc(N)n[nH]2)C1. The van der Waals surface area contributed by atoms with Crippen molar-refractivity contribution in [1.82, 2.24) is 15.1 Å². The average molecular weight is 224 g/mol. The van der Waals surface area contributed by atoms with Crippen LogP contribution in [0.25, 0.3) is 0 Å². The van der Waals surface area contributed by atoms with Crippen molar-refractivity contribution < 1.29 is 9.53 Å². The van der Waals surface area contributed by atoms with E-state index >= 15 is 0 Å². The first kappa shape index (κ1) is 10.9. The fourth-order valence-corrected chi connectivity index (χ4v) is 2.01. The number of methoxy groups -OCH3 is 1. The van der Waals surface area contributed by atoms with E-state index < -0.39 is 0 Å². The molecule has 2 heterocycles. The lowest BCUT2D eigenvalue weighted by Gasteiger charge is -2.14. The summed E-state index contributed by atoms with van der Waals surface area (Å²) < 4.78 is 5.09. The van der Waals surface area contributed by atoms with Gasteiger partial charge in [0, 0.05) is 32.2 Å². The van der Waals surface area contributed by atoms with E-state index in [9.17, 15) is 4.79 Å². The third-order valence-corrected chi connectivity index (χ3v) is 2.80. The number of nitrogens with zero attached hydrogens (tertiary/aromatic N) is 2. The summed E-state index contributed by atoms with van der Waals surface area (Å²) >= 11 is 0. The second-order valence-corrected chi connectivity index (χ2v) is 4.07. The van der Waals surface area contributed by atoms with Crippen LogP contribution < -0.4 is 5.73 Å². The summed E-state index contributed by atoms with van der Waals surface area (Å²) in [5.41, 5.74) is 5.91. The van der Waals surface area contributed by atoms with Crippen molar-refractivity contribution in [2.24, 2.45) is 5.92 Å². The molecule has 1 aromatic heterocycles. The number of aromatic amines is 1. The minimum absolute atomic E-state index is 0.0391. The van der Waals surface area contributed by atoms with Crippen molar-refractivity contribution >= 4 is 11.7 Å². The van der Waals surface area contributed by atoms with Crippen LogP contribution in [0.15, 0.2) is 6.07 Å². The maximum absolute atomic E-state index is 12.0.